The Balaban J connectivity index is 1.47. The van der Waals surface area contributed by atoms with Crippen LogP contribution in [0.3, 0.4) is 0 Å². The zero-order valence-corrected chi connectivity index (χ0v) is 17.6. The van der Waals surface area contributed by atoms with Crippen molar-refractivity contribution < 1.29 is 14.4 Å². The molecule has 4 amide bonds. The first-order valence-corrected chi connectivity index (χ1v) is 11.3. The van der Waals surface area contributed by atoms with E-state index >= 15 is 0 Å². The summed E-state index contributed by atoms with van der Waals surface area (Å²) in [7, 11) is 0. The van der Waals surface area contributed by atoms with Gasteiger partial charge in [0.2, 0.25) is 5.91 Å². The number of imide groups is 1. The Hall–Kier alpha value is -2.80. The Morgan fingerprint density at radius 1 is 1.03 bits per heavy atom. The van der Waals surface area contributed by atoms with Gasteiger partial charge in [0.15, 0.2) is 0 Å². The van der Waals surface area contributed by atoms with E-state index in [0.717, 1.165) is 21.8 Å². The van der Waals surface area contributed by atoms with E-state index in [1.54, 1.807) is 16.7 Å². The Bertz CT molecular complexity index is 914. The lowest BCUT2D eigenvalue weighted by molar-refractivity contribution is -0.139. The third-order valence-corrected chi connectivity index (χ3v) is 6.83. The van der Waals surface area contributed by atoms with Crippen LogP contribution < -0.4 is 5.32 Å². The van der Waals surface area contributed by atoms with Gasteiger partial charge in [-0.3, -0.25) is 14.5 Å². The van der Waals surface area contributed by atoms with Gasteiger partial charge in [-0.2, -0.15) is 11.8 Å². The van der Waals surface area contributed by atoms with Crippen molar-refractivity contribution in [2.45, 2.75) is 24.9 Å². The summed E-state index contributed by atoms with van der Waals surface area (Å²) >= 11 is 1.65. The van der Waals surface area contributed by atoms with Crippen molar-refractivity contribution in [3.63, 3.8) is 0 Å². The van der Waals surface area contributed by atoms with Crippen LogP contribution in [0.25, 0.3) is 0 Å². The van der Waals surface area contributed by atoms with Gasteiger partial charge in [0.05, 0.1) is 0 Å². The van der Waals surface area contributed by atoms with E-state index in [0.29, 0.717) is 31.7 Å². The van der Waals surface area contributed by atoms with Gasteiger partial charge >= 0.3 is 6.03 Å². The molecule has 0 saturated carbocycles. The highest BCUT2D eigenvalue weighted by molar-refractivity contribution is 7.99. The average molecular weight is 424 g/mol. The fourth-order valence-corrected chi connectivity index (χ4v) is 5.22. The lowest BCUT2D eigenvalue weighted by Crippen LogP contribution is -2.48. The molecule has 2 fully saturated rings. The zero-order valence-electron chi connectivity index (χ0n) is 16.8. The molecule has 0 radical (unpaired) electrons. The van der Waals surface area contributed by atoms with Crippen LogP contribution >= 0.6 is 11.8 Å². The molecule has 4 rings (SSSR count). The molecule has 2 saturated heterocycles. The molecule has 0 aromatic heterocycles. The van der Waals surface area contributed by atoms with Gasteiger partial charge in [0, 0.05) is 18.8 Å². The van der Waals surface area contributed by atoms with Gasteiger partial charge in [-0.1, -0.05) is 60.7 Å². The van der Waals surface area contributed by atoms with Crippen LogP contribution in [-0.2, 0) is 22.6 Å². The van der Waals surface area contributed by atoms with Crippen molar-refractivity contribution in [2.75, 3.05) is 24.6 Å². The first-order chi connectivity index (χ1) is 14.6. The lowest BCUT2D eigenvalue weighted by Gasteiger charge is -2.25. The number of urea groups is 1. The van der Waals surface area contributed by atoms with Crippen LogP contribution in [0.5, 0.6) is 0 Å². The van der Waals surface area contributed by atoms with E-state index in [1.807, 2.05) is 60.7 Å². The summed E-state index contributed by atoms with van der Waals surface area (Å²) in [6.45, 7) is 0.734. The average Bonchev–Trinajstić information content (AvgIpc) is 3.33. The van der Waals surface area contributed by atoms with Crippen LogP contribution in [0, 0.1) is 0 Å². The molecule has 7 heteroatoms. The van der Waals surface area contributed by atoms with Gasteiger partial charge < -0.3 is 10.2 Å². The van der Waals surface area contributed by atoms with Crippen LogP contribution in [0.15, 0.2) is 60.7 Å². The molecule has 0 bridgehead atoms. The minimum Gasteiger partial charge on any atom is -0.336 e. The van der Waals surface area contributed by atoms with Crippen molar-refractivity contribution in [3.8, 4) is 0 Å². The minimum atomic E-state index is -0.823. The first-order valence-electron chi connectivity index (χ1n) is 10.1. The maximum absolute atomic E-state index is 13.2. The number of benzene rings is 2. The molecule has 6 nitrogen and oxygen atoms in total. The Kier molecular flexibility index (Phi) is 6.08. The van der Waals surface area contributed by atoms with Gasteiger partial charge in [-0.25, -0.2) is 4.79 Å². The maximum Gasteiger partial charge on any atom is 0.325 e. The second-order valence-electron chi connectivity index (χ2n) is 7.74. The number of hydrogen-bond acceptors (Lipinski definition) is 4. The first kappa shape index (κ1) is 20.5. The van der Waals surface area contributed by atoms with Gasteiger partial charge in [-0.05, 0) is 29.7 Å². The minimum absolute atomic E-state index is 0.221. The zero-order chi connectivity index (χ0) is 21.0. The normalized spacial score (nSPS) is 20.6. The van der Waals surface area contributed by atoms with E-state index in [2.05, 4.69) is 5.32 Å². The summed E-state index contributed by atoms with van der Waals surface area (Å²) in [6.07, 6.45) is 1.33. The fourth-order valence-electron chi connectivity index (χ4n) is 3.89. The third-order valence-electron chi connectivity index (χ3n) is 5.64. The number of nitrogens with zero attached hydrogens (tertiary/aromatic N) is 2. The van der Waals surface area contributed by atoms with Crippen LogP contribution in [0.1, 0.15) is 17.5 Å². The number of carbonyl (C=O) groups excluding carboxylic acids is 3. The summed E-state index contributed by atoms with van der Waals surface area (Å²) in [4.78, 5) is 41.3. The number of thioether (sulfide) groups is 1. The van der Waals surface area contributed by atoms with Gasteiger partial charge in [0.25, 0.3) is 5.91 Å². The van der Waals surface area contributed by atoms with Gasteiger partial charge in [0.1, 0.15) is 12.1 Å². The quantitative estimate of drug-likeness (QED) is 0.696. The van der Waals surface area contributed by atoms with Gasteiger partial charge in [-0.15, -0.1) is 0 Å². The van der Waals surface area contributed by atoms with E-state index in [-0.39, 0.29) is 18.4 Å². The molecule has 1 atom stereocenters. The molecule has 1 unspecified atom stereocenters. The van der Waals surface area contributed by atoms with Crippen molar-refractivity contribution >= 4 is 29.6 Å². The van der Waals surface area contributed by atoms with Crippen LogP contribution in [0.4, 0.5) is 4.79 Å². The third kappa shape index (κ3) is 4.36. The monoisotopic (exact) mass is 423 g/mol. The number of amides is 4. The van der Waals surface area contributed by atoms with E-state index < -0.39 is 11.6 Å². The molecule has 2 aliphatic rings. The lowest BCUT2D eigenvalue weighted by atomic mass is 9.99. The highest BCUT2D eigenvalue weighted by Gasteiger charge is 2.53. The second kappa shape index (κ2) is 8.92. The van der Waals surface area contributed by atoms with Crippen molar-refractivity contribution in [2.24, 2.45) is 0 Å². The number of carbonyl (C=O) groups is 3. The molecular weight excluding hydrogens is 398 g/mol. The fraction of sp³-hybridized carbons (Fsp3) is 0.348. The SMILES string of the molecule is O=C(CN1C(=O)NC2(CCSC2)C1=O)N(CCc1ccccc1)Cc1ccccc1. The van der Waals surface area contributed by atoms with Crippen LogP contribution in [0.2, 0.25) is 0 Å². The summed E-state index contributed by atoms with van der Waals surface area (Å²) in [5, 5.41) is 2.83. The molecular formula is C23H25N3O3S. The standard InChI is InChI=1S/C23H25N3O3S/c27-20(16-26-21(28)23(24-22(26)29)12-14-30-17-23)25(15-19-9-5-2-6-10-19)13-11-18-7-3-1-4-8-18/h1-10H,11-17H2,(H,24,29). The molecule has 2 heterocycles. The Labute approximate surface area is 180 Å². The molecule has 2 aliphatic heterocycles. The molecule has 156 valence electrons. The molecule has 1 spiro atoms. The molecule has 0 aliphatic carbocycles. The van der Waals surface area contributed by atoms with E-state index in [4.69, 9.17) is 0 Å². The number of hydrogen-bond donors (Lipinski definition) is 1. The van der Waals surface area contributed by atoms with Crippen molar-refractivity contribution in [1.29, 1.82) is 0 Å². The number of rotatable bonds is 7. The summed E-state index contributed by atoms with van der Waals surface area (Å²) in [5.41, 5.74) is 1.33. The summed E-state index contributed by atoms with van der Waals surface area (Å²) < 4.78 is 0. The summed E-state index contributed by atoms with van der Waals surface area (Å²) in [5.74, 6) is 0.921. The smallest absolute Gasteiger partial charge is 0.325 e. The molecule has 30 heavy (non-hydrogen) atoms. The number of nitrogens with one attached hydrogen (secondary N) is 1. The van der Waals surface area contributed by atoms with E-state index in [1.165, 1.54) is 0 Å². The topological polar surface area (TPSA) is 69.7 Å². The highest BCUT2D eigenvalue weighted by atomic mass is 32.2. The molecule has 2 aromatic carbocycles. The van der Waals surface area contributed by atoms with Crippen molar-refractivity contribution in [3.05, 3.63) is 71.8 Å². The second-order valence-corrected chi connectivity index (χ2v) is 8.85. The molecule has 2 aromatic rings. The Morgan fingerprint density at radius 3 is 2.33 bits per heavy atom. The Morgan fingerprint density at radius 2 is 1.70 bits per heavy atom. The highest BCUT2D eigenvalue weighted by Crippen LogP contribution is 2.33. The van der Waals surface area contributed by atoms with Crippen LogP contribution in [-0.4, -0.2) is 57.8 Å². The largest absolute Gasteiger partial charge is 0.336 e. The summed E-state index contributed by atoms with van der Waals surface area (Å²) in [6, 6.07) is 19.3. The predicted octanol–water partition coefficient (Wildman–Crippen LogP) is 2.69. The predicted molar refractivity (Wildman–Crippen MR) is 117 cm³/mol. The maximum atomic E-state index is 13.2. The van der Waals surface area contributed by atoms with Crippen molar-refractivity contribution in [1.82, 2.24) is 15.1 Å². The molecule has 1 N–H and O–H groups in total. The van der Waals surface area contributed by atoms with E-state index in [9.17, 15) is 14.4 Å².